The summed E-state index contributed by atoms with van der Waals surface area (Å²) in [5, 5.41) is 0.792. The minimum absolute atomic E-state index is 0.143. The Kier molecular flexibility index (Phi) is 5.00. The molecule has 0 unspecified atom stereocenters. The highest BCUT2D eigenvalue weighted by Gasteiger charge is 2.29. The summed E-state index contributed by atoms with van der Waals surface area (Å²) in [5.74, 6) is 1.88. The molecular weight excluding hydrogens is 350 g/mol. The number of fused-ring (bicyclic) bond motifs is 2. The second-order valence-corrected chi connectivity index (χ2v) is 8.46. The molecule has 6 nitrogen and oxygen atoms in total. The quantitative estimate of drug-likeness (QED) is 0.868. The Labute approximate surface area is 157 Å². The number of rotatable bonds is 5. The van der Waals surface area contributed by atoms with Crippen LogP contribution in [0.4, 0.5) is 5.13 Å². The number of likely N-dealkylation sites (N-methyl/N-ethyl adjacent to an activating group) is 1. The molecule has 1 aliphatic carbocycles. The molecule has 140 valence electrons. The molecule has 1 amide bonds. The smallest absolute Gasteiger partial charge is 0.232 e. The fourth-order valence-corrected chi connectivity index (χ4v) is 4.63. The van der Waals surface area contributed by atoms with Gasteiger partial charge in [0.1, 0.15) is 0 Å². The third-order valence-corrected chi connectivity index (χ3v) is 6.20. The van der Waals surface area contributed by atoms with Gasteiger partial charge in [0.25, 0.3) is 0 Å². The third-order valence-electron chi connectivity index (χ3n) is 5.16. The molecule has 4 rings (SSSR count). The lowest BCUT2D eigenvalue weighted by atomic mass is 9.88. The van der Waals surface area contributed by atoms with Crippen LogP contribution in [0.1, 0.15) is 32.1 Å². The van der Waals surface area contributed by atoms with Gasteiger partial charge in [-0.2, -0.15) is 0 Å². The zero-order valence-electron chi connectivity index (χ0n) is 15.4. The van der Waals surface area contributed by atoms with E-state index in [0.29, 0.717) is 6.54 Å². The summed E-state index contributed by atoms with van der Waals surface area (Å²) >= 11 is 1.56. The number of anilines is 1. The van der Waals surface area contributed by atoms with Crippen LogP contribution in [0.5, 0.6) is 11.5 Å². The van der Waals surface area contributed by atoms with Crippen LogP contribution in [-0.4, -0.2) is 44.9 Å². The number of thiazole rings is 1. The zero-order chi connectivity index (χ0) is 18.1. The van der Waals surface area contributed by atoms with E-state index < -0.39 is 0 Å². The summed E-state index contributed by atoms with van der Waals surface area (Å²) in [5.41, 5.74) is 0.868. The summed E-state index contributed by atoms with van der Waals surface area (Å²) in [6.07, 6.45) is 5.57. The number of carbonyl (C=O) groups excluding carboxylic acids is 1. The lowest BCUT2D eigenvalue weighted by Crippen LogP contribution is -3.06. The number of ether oxygens (including phenoxy) is 2. The summed E-state index contributed by atoms with van der Waals surface area (Å²) in [6, 6.07) is 3.89. The second kappa shape index (κ2) is 7.40. The van der Waals surface area contributed by atoms with Gasteiger partial charge in [0.05, 0.1) is 37.4 Å². The number of hydrogen-bond acceptors (Lipinski definition) is 5. The van der Waals surface area contributed by atoms with Gasteiger partial charge in [0.15, 0.2) is 16.6 Å². The molecule has 2 aromatic rings. The topological polar surface area (TPSA) is 56.1 Å². The maximum Gasteiger partial charge on any atom is 0.232 e. The Bertz CT molecular complexity index is 758. The predicted octanol–water partition coefficient (Wildman–Crippen LogP) is 2.08. The standard InChI is InChI=1S/C19H25N3O3S/c1-21(2)8-9-22(18(23)13-6-4-3-5-7-13)19-20-14-10-15-16(25-12-24-15)11-17(14)26-19/h10-11,13H,3-9,12H2,1-2H3/p+1. The van der Waals surface area contributed by atoms with E-state index in [1.54, 1.807) is 11.3 Å². The van der Waals surface area contributed by atoms with Crippen molar-refractivity contribution in [1.82, 2.24) is 4.98 Å². The van der Waals surface area contributed by atoms with Gasteiger partial charge in [-0.15, -0.1) is 0 Å². The predicted molar refractivity (Wildman–Crippen MR) is 102 cm³/mol. The number of aromatic nitrogens is 1. The minimum Gasteiger partial charge on any atom is -0.454 e. The van der Waals surface area contributed by atoms with Gasteiger partial charge in [-0.25, -0.2) is 4.98 Å². The summed E-state index contributed by atoms with van der Waals surface area (Å²) < 4.78 is 12.0. The first-order valence-electron chi connectivity index (χ1n) is 9.42. The first kappa shape index (κ1) is 17.5. The first-order chi connectivity index (χ1) is 12.6. The van der Waals surface area contributed by atoms with Crippen molar-refractivity contribution in [2.24, 2.45) is 5.92 Å². The fraction of sp³-hybridized carbons (Fsp3) is 0.579. The maximum atomic E-state index is 13.2. The van der Waals surface area contributed by atoms with E-state index >= 15 is 0 Å². The van der Waals surface area contributed by atoms with Crippen LogP contribution in [0.25, 0.3) is 10.2 Å². The molecule has 1 aliphatic heterocycles. The van der Waals surface area contributed by atoms with Crippen LogP contribution < -0.4 is 19.3 Å². The Hall–Kier alpha value is -1.86. The van der Waals surface area contributed by atoms with Crippen LogP contribution in [-0.2, 0) is 4.79 Å². The van der Waals surface area contributed by atoms with Gasteiger partial charge in [0, 0.05) is 18.1 Å². The normalized spacial score (nSPS) is 17.2. The van der Waals surface area contributed by atoms with Gasteiger partial charge in [-0.1, -0.05) is 30.6 Å². The van der Waals surface area contributed by atoms with Crippen molar-refractivity contribution in [3.63, 3.8) is 0 Å². The number of carbonyl (C=O) groups is 1. The summed E-state index contributed by atoms with van der Waals surface area (Å²) in [7, 11) is 4.22. The van der Waals surface area contributed by atoms with E-state index in [4.69, 9.17) is 14.5 Å². The van der Waals surface area contributed by atoms with Crippen LogP contribution in [0.3, 0.4) is 0 Å². The molecule has 26 heavy (non-hydrogen) atoms. The number of quaternary nitrogens is 1. The molecule has 0 saturated heterocycles. The van der Waals surface area contributed by atoms with Gasteiger partial charge >= 0.3 is 0 Å². The van der Waals surface area contributed by atoms with E-state index in [-0.39, 0.29) is 18.6 Å². The fourth-order valence-electron chi connectivity index (χ4n) is 3.63. The first-order valence-corrected chi connectivity index (χ1v) is 10.2. The van der Waals surface area contributed by atoms with Crippen molar-refractivity contribution in [2.75, 3.05) is 38.9 Å². The van der Waals surface area contributed by atoms with E-state index in [0.717, 1.165) is 59.1 Å². The van der Waals surface area contributed by atoms with Crippen molar-refractivity contribution in [2.45, 2.75) is 32.1 Å². The maximum absolute atomic E-state index is 13.2. The third kappa shape index (κ3) is 3.50. The SMILES string of the molecule is C[NH+](C)CCN(C(=O)C1CCCCC1)c1nc2cc3c(cc2s1)OCO3. The molecule has 0 bridgehead atoms. The van der Waals surface area contributed by atoms with Gasteiger partial charge in [-0.05, 0) is 12.8 Å². The number of amides is 1. The number of hydrogen-bond donors (Lipinski definition) is 1. The largest absolute Gasteiger partial charge is 0.454 e. The molecule has 1 aromatic carbocycles. The van der Waals surface area contributed by atoms with Crippen molar-refractivity contribution in [3.8, 4) is 11.5 Å². The molecule has 1 saturated carbocycles. The number of nitrogens with zero attached hydrogens (tertiary/aromatic N) is 2. The van der Waals surface area contributed by atoms with E-state index in [9.17, 15) is 4.79 Å². The van der Waals surface area contributed by atoms with Crippen LogP contribution in [0, 0.1) is 5.92 Å². The molecule has 1 N–H and O–H groups in total. The lowest BCUT2D eigenvalue weighted by molar-refractivity contribution is -0.856. The Balaban J connectivity index is 1.63. The molecule has 1 aromatic heterocycles. The highest BCUT2D eigenvalue weighted by Crippen LogP contribution is 2.40. The van der Waals surface area contributed by atoms with Crippen LogP contribution >= 0.6 is 11.3 Å². The Morgan fingerprint density at radius 2 is 1.96 bits per heavy atom. The Morgan fingerprint density at radius 1 is 1.23 bits per heavy atom. The van der Waals surface area contributed by atoms with Gasteiger partial charge in [-0.3, -0.25) is 9.69 Å². The second-order valence-electron chi connectivity index (χ2n) is 7.45. The van der Waals surface area contributed by atoms with Crippen LogP contribution in [0.2, 0.25) is 0 Å². The molecule has 0 radical (unpaired) electrons. The van der Waals surface area contributed by atoms with Crippen molar-refractivity contribution >= 4 is 32.6 Å². The molecular formula is C19H26N3O3S+. The summed E-state index contributed by atoms with van der Waals surface area (Å²) in [4.78, 5) is 21.2. The average molecular weight is 377 g/mol. The van der Waals surface area contributed by atoms with Crippen molar-refractivity contribution < 1.29 is 19.2 Å². The molecule has 7 heteroatoms. The average Bonchev–Trinajstić information content (AvgIpc) is 3.25. The molecule has 0 atom stereocenters. The number of nitrogens with one attached hydrogen (secondary N) is 1. The highest BCUT2D eigenvalue weighted by molar-refractivity contribution is 7.22. The van der Waals surface area contributed by atoms with Crippen LogP contribution in [0.15, 0.2) is 12.1 Å². The minimum atomic E-state index is 0.143. The molecule has 1 fully saturated rings. The van der Waals surface area contributed by atoms with E-state index in [2.05, 4.69) is 14.1 Å². The molecule has 2 aliphatic rings. The van der Waals surface area contributed by atoms with Crippen molar-refractivity contribution in [1.29, 1.82) is 0 Å². The van der Waals surface area contributed by atoms with Crippen molar-refractivity contribution in [3.05, 3.63) is 12.1 Å². The highest BCUT2D eigenvalue weighted by atomic mass is 32.1. The Morgan fingerprint density at radius 3 is 2.69 bits per heavy atom. The molecule has 0 spiro atoms. The van der Waals surface area contributed by atoms with E-state index in [1.807, 2.05) is 17.0 Å². The summed E-state index contributed by atoms with van der Waals surface area (Å²) in [6.45, 7) is 1.86. The monoisotopic (exact) mass is 376 g/mol. The van der Waals surface area contributed by atoms with Gasteiger partial charge in [0.2, 0.25) is 12.7 Å². The van der Waals surface area contributed by atoms with Gasteiger partial charge < -0.3 is 14.4 Å². The zero-order valence-corrected chi connectivity index (χ0v) is 16.2. The lowest BCUT2D eigenvalue weighted by Gasteiger charge is -2.27. The van der Waals surface area contributed by atoms with E-state index in [1.165, 1.54) is 11.3 Å². The number of benzene rings is 1. The molecule has 2 heterocycles.